The summed E-state index contributed by atoms with van der Waals surface area (Å²) in [4.78, 5) is 19.3. The van der Waals surface area contributed by atoms with Gasteiger partial charge in [-0.05, 0) is 55.8 Å². The topological polar surface area (TPSA) is 69.0 Å². The van der Waals surface area contributed by atoms with Crippen molar-refractivity contribution in [1.29, 1.82) is 5.26 Å². The Labute approximate surface area is 165 Å². The second-order valence-corrected chi connectivity index (χ2v) is 6.76. The number of anilines is 2. The summed E-state index contributed by atoms with van der Waals surface area (Å²) in [6, 6.07) is 22.7. The van der Waals surface area contributed by atoms with Crippen molar-refractivity contribution in [2.24, 2.45) is 0 Å². The number of carbonyl (C=O) groups is 1. The van der Waals surface area contributed by atoms with Crippen molar-refractivity contribution in [2.75, 3.05) is 5.32 Å². The summed E-state index contributed by atoms with van der Waals surface area (Å²) in [6.45, 7) is 4.58. The molecule has 140 valence electrons. The lowest BCUT2D eigenvalue weighted by Gasteiger charge is -2.27. The minimum atomic E-state index is -0.0378. The van der Waals surface area contributed by atoms with Crippen molar-refractivity contribution < 1.29 is 4.79 Å². The molecule has 0 aliphatic rings. The molecule has 5 heteroatoms. The van der Waals surface area contributed by atoms with E-state index in [1.54, 1.807) is 30.5 Å². The second-order valence-electron chi connectivity index (χ2n) is 6.76. The van der Waals surface area contributed by atoms with Gasteiger partial charge in [0.05, 0.1) is 11.6 Å². The summed E-state index contributed by atoms with van der Waals surface area (Å²) in [5.74, 6) is 0.545. The molecule has 28 heavy (non-hydrogen) atoms. The smallest absolute Gasteiger partial charge is 0.254 e. The van der Waals surface area contributed by atoms with Gasteiger partial charge in [0.2, 0.25) is 0 Å². The Morgan fingerprint density at radius 1 is 1.11 bits per heavy atom. The molecule has 0 saturated carbocycles. The highest BCUT2D eigenvalue weighted by Gasteiger charge is 2.19. The van der Waals surface area contributed by atoms with E-state index in [2.05, 4.69) is 16.4 Å². The fraction of sp³-hybridized carbons (Fsp3) is 0.174. The number of benzene rings is 2. The van der Waals surface area contributed by atoms with Crippen LogP contribution < -0.4 is 5.32 Å². The predicted molar refractivity (Wildman–Crippen MR) is 110 cm³/mol. The van der Waals surface area contributed by atoms with Crippen molar-refractivity contribution in [1.82, 2.24) is 9.88 Å². The van der Waals surface area contributed by atoms with Crippen LogP contribution in [-0.2, 0) is 6.54 Å². The lowest BCUT2D eigenvalue weighted by Crippen LogP contribution is -2.36. The van der Waals surface area contributed by atoms with Crippen LogP contribution in [0.3, 0.4) is 0 Å². The minimum absolute atomic E-state index is 0.0378. The number of carbonyl (C=O) groups excluding carboxylic acids is 1. The molecule has 3 aromatic rings. The Morgan fingerprint density at radius 2 is 1.82 bits per heavy atom. The van der Waals surface area contributed by atoms with Crippen molar-refractivity contribution >= 4 is 17.4 Å². The van der Waals surface area contributed by atoms with Gasteiger partial charge in [0.1, 0.15) is 5.82 Å². The zero-order valence-corrected chi connectivity index (χ0v) is 16.0. The van der Waals surface area contributed by atoms with E-state index in [1.165, 1.54) is 0 Å². The summed E-state index contributed by atoms with van der Waals surface area (Å²) >= 11 is 0. The lowest BCUT2D eigenvalue weighted by atomic mass is 10.1. The average Bonchev–Trinajstić information content (AvgIpc) is 2.73. The molecule has 0 atom stereocenters. The third-order valence-corrected chi connectivity index (χ3v) is 4.37. The molecule has 2 aromatic carbocycles. The first-order chi connectivity index (χ1) is 13.6. The minimum Gasteiger partial charge on any atom is -0.340 e. The fourth-order valence-electron chi connectivity index (χ4n) is 2.84. The van der Waals surface area contributed by atoms with Gasteiger partial charge in [-0.2, -0.15) is 5.26 Å². The van der Waals surface area contributed by atoms with E-state index in [-0.39, 0.29) is 11.9 Å². The summed E-state index contributed by atoms with van der Waals surface area (Å²) < 4.78 is 0. The van der Waals surface area contributed by atoms with E-state index in [0.29, 0.717) is 23.5 Å². The number of hydrogen-bond donors (Lipinski definition) is 1. The quantitative estimate of drug-likeness (QED) is 0.680. The van der Waals surface area contributed by atoms with Gasteiger partial charge in [0, 0.05) is 30.0 Å². The van der Waals surface area contributed by atoms with Crippen LogP contribution >= 0.6 is 0 Å². The number of aromatic nitrogens is 1. The van der Waals surface area contributed by atoms with Gasteiger partial charge in [0.15, 0.2) is 0 Å². The highest BCUT2D eigenvalue weighted by molar-refractivity contribution is 5.95. The SMILES string of the molecule is CC(C)N(Cc1ccccc1)C(=O)c1ccnc(Nc2ccc(C#N)cc2)c1. The first kappa shape index (κ1) is 19.1. The number of nitriles is 1. The largest absolute Gasteiger partial charge is 0.340 e. The van der Waals surface area contributed by atoms with Gasteiger partial charge in [-0.3, -0.25) is 4.79 Å². The number of rotatable bonds is 6. The van der Waals surface area contributed by atoms with E-state index >= 15 is 0 Å². The third-order valence-electron chi connectivity index (χ3n) is 4.37. The maximum atomic E-state index is 13.1. The Kier molecular flexibility index (Phi) is 6.03. The molecular weight excluding hydrogens is 348 g/mol. The highest BCUT2D eigenvalue weighted by Crippen LogP contribution is 2.19. The average molecular weight is 370 g/mol. The first-order valence-electron chi connectivity index (χ1n) is 9.15. The number of amides is 1. The van der Waals surface area contributed by atoms with E-state index in [9.17, 15) is 4.79 Å². The van der Waals surface area contributed by atoms with Crippen molar-refractivity contribution in [3.63, 3.8) is 0 Å². The third kappa shape index (κ3) is 4.74. The molecule has 0 fully saturated rings. The summed E-state index contributed by atoms with van der Waals surface area (Å²) in [5.41, 5.74) is 3.07. The molecule has 1 amide bonds. The molecule has 1 heterocycles. The maximum Gasteiger partial charge on any atom is 0.254 e. The molecule has 1 aromatic heterocycles. The molecule has 0 saturated heterocycles. The van der Waals surface area contributed by atoms with Crippen LogP contribution in [0.5, 0.6) is 0 Å². The lowest BCUT2D eigenvalue weighted by molar-refractivity contribution is 0.0690. The zero-order valence-electron chi connectivity index (χ0n) is 16.0. The number of nitrogens with one attached hydrogen (secondary N) is 1. The summed E-state index contributed by atoms with van der Waals surface area (Å²) in [5, 5.41) is 12.1. The molecular formula is C23H22N4O. The Hall–Kier alpha value is -3.65. The first-order valence-corrected chi connectivity index (χ1v) is 9.15. The van der Waals surface area contributed by atoms with Crippen molar-refractivity contribution in [2.45, 2.75) is 26.4 Å². The van der Waals surface area contributed by atoms with Gasteiger partial charge in [0.25, 0.3) is 5.91 Å². The molecule has 0 unspecified atom stereocenters. The van der Waals surface area contributed by atoms with E-state index in [1.807, 2.05) is 61.2 Å². The van der Waals surface area contributed by atoms with Gasteiger partial charge >= 0.3 is 0 Å². The van der Waals surface area contributed by atoms with Crippen LogP contribution in [0.25, 0.3) is 0 Å². The summed E-state index contributed by atoms with van der Waals surface area (Å²) in [7, 11) is 0. The normalized spacial score (nSPS) is 10.4. The monoisotopic (exact) mass is 370 g/mol. The van der Waals surface area contributed by atoms with Crippen LogP contribution in [0, 0.1) is 11.3 Å². The van der Waals surface area contributed by atoms with Crippen LogP contribution in [0.1, 0.15) is 35.3 Å². The molecule has 0 aliphatic heterocycles. The molecule has 0 spiro atoms. The maximum absolute atomic E-state index is 13.1. The molecule has 5 nitrogen and oxygen atoms in total. The Bertz CT molecular complexity index is 975. The number of nitrogens with zero attached hydrogens (tertiary/aromatic N) is 3. The van der Waals surface area contributed by atoms with Gasteiger partial charge in [-0.25, -0.2) is 4.98 Å². The Balaban J connectivity index is 1.78. The molecule has 1 N–H and O–H groups in total. The van der Waals surface area contributed by atoms with Gasteiger partial charge in [-0.15, -0.1) is 0 Å². The zero-order chi connectivity index (χ0) is 19.9. The number of pyridine rings is 1. The Morgan fingerprint density at radius 3 is 2.46 bits per heavy atom. The summed E-state index contributed by atoms with van der Waals surface area (Å²) in [6.07, 6.45) is 1.63. The van der Waals surface area contributed by atoms with Gasteiger partial charge < -0.3 is 10.2 Å². The fourth-order valence-corrected chi connectivity index (χ4v) is 2.84. The standard InChI is InChI=1S/C23H22N4O/c1-17(2)27(16-19-6-4-3-5-7-19)23(28)20-12-13-25-22(14-20)26-21-10-8-18(15-24)9-11-21/h3-14,17H,16H2,1-2H3,(H,25,26). The van der Waals surface area contributed by atoms with E-state index < -0.39 is 0 Å². The highest BCUT2D eigenvalue weighted by atomic mass is 16.2. The molecule has 3 rings (SSSR count). The van der Waals surface area contributed by atoms with Crippen LogP contribution in [-0.4, -0.2) is 21.8 Å². The van der Waals surface area contributed by atoms with Crippen LogP contribution in [0.4, 0.5) is 11.5 Å². The molecule has 0 aliphatic carbocycles. The molecule has 0 bridgehead atoms. The van der Waals surface area contributed by atoms with Crippen LogP contribution in [0.15, 0.2) is 72.9 Å². The van der Waals surface area contributed by atoms with E-state index in [4.69, 9.17) is 5.26 Å². The van der Waals surface area contributed by atoms with Gasteiger partial charge in [-0.1, -0.05) is 30.3 Å². The van der Waals surface area contributed by atoms with Crippen LogP contribution in [0.2, 0.25) is 0 Å². The molecule has 0 radical (unpaired) electrons. The predicted octanol–water partition coefficient (Wildman–Crippen LogP) is 4.75. The van der Waals surface area contributed by atoms with Crippen molar-refractivity contribution in [3.05, 3.63) is 89.6 Å². The van der Waals surface area contributed by atoms with E-state index in [0.717, 1.165) is 11.3 Å². The number of hydrogen-bond acceptors (Lipinski definition) is 4. The second kappa shape index (κ2) is 8.83. The van der Waals surface area contributed by atoms with Crippen molar-refractivity contribution in [3.8, 4) is 6.07 Å².